The molecule has 5 nitrogen and oxygen atoms in total. The van der Waals surface area contributed by atoms with E-state index >= 15 is 0 Å². The molecule has 150 valence electrons. The van der Waals surface area contributed by atoms with Crippen molar-refractivity contribution in [3.8, 4) is 11.5 Å². The summed E-state index contributed by atoms with van der Waals surface area (Å²) in [5.41, 5.74) is 2.38. The van der Waals surface area contributed by atoms with Crippen molar-refractivity contribution in [2.75, 3.05) is 20.1 Å². The lowest BCUT2D eigenvalue weighted by atomic mass is 9.95. The molecular weight excluding hydrogens is 352 g/mol. The Kier molecular flexibility index (Phi) is 6.93. The fraction of sp³-hybridized carbons (Fsp3) is 0.435. The number of hydrogen-bond acceptors (Lipinski definition) is 4. The zero-order chi connectivity index (χ0) is 19.9. The molecule has 0 spiro atoms. The zero-order valence-corrected chi connectivity index (χ0v) is 17.0. The third-order valence-electron chi connectivity index (χ3n) is 4.82. The number of carbonyl (C=O) groups excluding carboxylic acids is 1. The van der Waals surface area contributed by atoms with Gasteiger partial charge in [-0.2, -0.15) is 0 Å². The van der Waals surface area contributed by atoms with Crippen molar-refractivity contribution in [1.29, 1.82) is 0 Å². The van der Waals surface area contributed by atoms with Gasteiger partial charge in [0.2, 0.25) is 5.91 Å². The van der Waals surface area contributed by atoms with Crippen LogP contribution in [-0.2, 0) is 17.9 Å². The molecule has 0 unspecified atom stereocenters. The van der Waals surface area contributed by atoms with Gasteiger partial charge in [-0.3, -0.25) is 9.69 Å². The molecule has 3 rings (SSSR count). The van der Waals surface area contributed by atoms with Gasteiger partial charge >= 0.3 is 0 Å². The highest BCUT2D eigenvalue weighted by Crippen LogP contribution is 2.23. The van der Waals surface area contributed by atoms with Crippen LogP contribution in [-0.4, -0.2) is 37.0 Å². The fourth-order valence-corrected chi connectivity index (χ4v) is 3.35. The van der Waals surface area contributed by atoms with Crippen molar-refractivity contribution >= 4 is 5.91 Å². The second-order valence-corrected chi connectivity index (χ2v) is 7.68. The van der Waals surface area contributed by atoms with E-state index in [4.69, 9.17) is 9.47 Å². The van der Waals surface area contributed by atoms with Gasteiger partial charge < -0.3 is 14.8 Å². The first-order chi connectivity index (χ1) is 13.5. The quantitative estimate of drug-likeness (QED) is 0.720. The molecule has 1 heterocycles. The molecule has 1 aliphatic rings. The number of likely N-dealkylation sites (tertiary alicyclic amines) is 1. The zero-order valence-electron chi connectivity index (χ0n) is 17.0. The number of nitrogens with zero attached hydrogens (tertiary/aromatic N) is 1. The average Bonchev–Trinajstić information content (AvgIpc) is 2.66. The van der Waals surface area contributed by atoms with Gasteiger partial charge in [0, 0.05) is 33.1 Å². The molecule has 28 heavy (non-hydrogen) atoms. The molecule has 0 aliphatic carbocycles. The number of amides is 1. The van der Waals surface area contributed by atoms with Crippen molar-refractivity contribution in [2.24, 2.45) is 5.92 Å². The summed E-state index contributed by atoms with van der Waals surface area (Å²) in [5, 5.41) is 2.69. The third-order valence-corrected chi connectivity index (χ3v) is 4.82. The Hall–Kier alpha value is -2.53. The van der Waals surface area contributed by atoms with Crippen molar-refractivity contribution in [3.05, 3.63) is 59.7 Å². The molecule has 2 aromatic carbocycles. The third kappa shape index (κ3) is 5.99. The lowest BCUT2D eigenvalue weighted by Crippen LogP contribution is -2.47. The molecule has 0 saturated carbocycles. The lowest BCUT2D eigenvalue weighted by molar-refractivity contribution is -0.122. The van der Waals surface area contributed by atoms with Gasteiger partial charge in [0.05, 0.1) is 6.10 Å². The van der Waals surface area contributed by atoms with Gasteiger partial charge in [-0.1, -0.05) is 24.3 Å². The summed E-state index contributed by atoms with van der Waals surface area (Å²) in [6.07, 6.45) is 0.809. The highest BCUT2D eigenvalue weighted by Gasteiger charge is 2.28. The second kappa shape index (κ2) is 9.60. The lowest BCUT2D eigenvalue weighted by Gasteiger charge is -2.39. The molecule has 0 radical (unpaired) electrons. The number of nitrogens with one attached hydrogen (secondary N) is 1. The van der Waals surface area contributed by atoms with Crippen LogP contribution in [0.4, 0.5) is 0 Å². The highest BCUT2D eigenvalue weighted by molar-refractivity contribution is 5.75. The van der Waals surface area contributed by atoms with E-state index in [1.54, 1.807) is 7.05 Å². The highest BCUT2D eigenvalue weighted by atomic mass is 16.5. The summed E-state index contributed by atoms with van der Waals surface area (Å²) in [4.78, 5) is 13.8. The maximum atomic E-state index is 11.4. The van der Waals surface area contributed by atoms with Crippen molar-refractivity contribution in [2.45, 2.75) is 39.5 Å². The minimum Gasteiger partial charge on any atom is -0.491 e. The summed E-state index contributed by atoms with van der Waals surface area (Å²) in [5.74, 6) is 2.37. The molecule has 1 fully saturated rings. The summed E-state index contributed by atoms with van der Waals surface area (Å²) in [7, 11) is 1.69. The van der Waals surface area contributed by atoms with E-state index < -0.39 is 0 Å². The van der Waals surface area contributed by atoms with Crippen LogP contribution in [0.25, 0.3) is 0 Å². The van der Waals surface area contributed by atoms with Crippen LogP contribution in [0.3, 0.4) is 0 Å². The molecule has 1 N–H and O–H groups in total. The van der Waals surface area contributed by atoms with Crippen LogP contribution in [0.2, 0.25) is 0 Å². The smallest absolute Gasteiger partial charge is 0.220 e. The Morgan fingerprint density at radius 1 is 1.04 bits per heavy atom. The van der Waals surface area contributed by atoms with Crippen LogP contribution in [0, 0.1) is 5.92 Å². The van der Waals surface area contributed by atoms with Crippen LogP contribution in [0.5, 0.6) is 11.5 Å². The molecule has 5 heteroatoms. The molecule has 1 saturated heterocycles. The fourth-order valence-electron chi connectivity index (χ4n) is 3.35. The Morgan fingerprint density at radius 3 is 2.25 bits per heavy atom. The molecule has 0 bridgehead atoms. The van der Waals surface area contributed by atoms with Gasteiger partial charge in [0.15, 0.2) is 0 Å². The maximum Gasteiger partial charge on any atom is 0.220 e. The number of rotatable bonds is 9. The first-order valence-electron chi connectivity index (χ1n) is 9.92. The minimum absolute atomic E-state index is 0.133. The molecule has 1 amide bonds. The normalized spacial score (nSPS) is 14.6. The molecule has 1 aliphatic heterocycles. The maximum absolute atomic E-state index is 11.4. The standard InChI is InChI=1S/C23H30N2O3/c1-17(2)28-22-10-6-19(7-11-22)16-27-21-8-4-18(5-9-21)13-25-14-20(15-25)12-23(26)24-3/h4-11,17,20H,12-16H2,1-3H3,(H,24,26). The van der Waals surface area contributed by atoms with Crippen LogP contribution in [0.1, 0.15) is 31.4 Å². The van der Waals surface area contributed by atoms with Crippen LogP contribution in [0.15, 0.2) is 48.5 Å². The van der Waals surface area contributed by atoms with E-state index in [1.165, 1.54) is 5.56 Å². The SMILES string of the molecule is CNC(=O)CC1CN(Cc2ccc(OCc3ccc(OC(C)C)cc3)cc2)C1. The second-order valence-electron chi connectivity index (χ2n) is 7.68. The minimum atomic E-state index is 0.133. The summed E-state index contributed by atoms with van der Waals surface area (Å²) < 4.78 is 11.5. The number of ether oxygens (including phenoxy) is 2. The predicted octanol–water partition coefficient (Wildman–Crippen LogP) is 3.62. The molecule has 0 aromatic heterocycles. The van der Waals surface area contributed by atoms with E-state index in [0.29, 0.717) is 18.9 Å². The van der Waals surface area contributed by atoms with Crippen LogP contribution >= 0.6 is 0 Å². The number of hydrogen-bond donors (Lipinski definition) is 1. The van der Waals surface area contributed by atoms with Crippen molar-refractivity contribution < 1.29 is 14.3 Å². The first-order valence-corrected chi connectivity index (χ1v) is 9.92. The van der Waals surface area contributed by atoms with Gasteiger partial charge in [0.1, 0.15) is 18.1 Å². The summed E-state index contributed by atoms with van der Waals surface area (Å²) >= 11 is 0. The van der Waals surface area contributed by atoms with E-state index in [0.717, 1.165) is 36.7 Å². The Morgan fingerprint density at radius 2 is 1.64 bits per heavy atom. The number of carbonyl (C=O) groups is 1. The van der Waals surface area contributed by atoms with E-state index in [2.05, 4.69) is 22.3 Å². The van der Waals surface area contributed by atoms with Crippen molar-refractivity contribution in [1.82, 2.24) is 10.2 Å². The molecule has 2 aromatic rings. The first kappa shape index (κ1) is 20.2. The van der Waals surface area contributed by atoms with Gasteiger partial charge in [-0.05, 0) is 55.2 Å². The number of benzene rings is 2. The summed E-state index contributed by atoms with van der Waals surface area (Å²) in [6, 6.07) is 16.3. The monoisotopic (exact) mass is 382 g/mol. The van der Waals surface area contributed by atoms with E-state index in [9.17, 15) is 4.79 Å². The summed E-state index contributed by atoms with van der Waals surface area (Å²) in [6.45, 7) is 7.47. The van der Waals surface area contributed by atoms with Crippen molar-refractivity contribution in [3.63, 3.8) is 0 Å². The van der Waals surface area contributed by atoms with Crippen LogP contribution < -0.4 is 14.8 Å². The Balaban J connectivity index is 1.41. The molecule has 0 atom stereocenters. The van der Waals surface area contributed by atoms with E-state index in [-0.39, 0.29) is 12.0 Å². The van der Waals surface area contributed by atoms with E-state index in [1.807, 2.05) is 50.2 Å². The molecular formula is C23H30N2O3. The average molecular weight is 383 g/mol. The topological polar surface area (TPSA) is 50.8 Å². The van der Waals surface area contributed by atoms with Gasteiger partial charge in [-0.15, -0.1) is 0 Å². The van der Waals surface area contributed by atoms with Gasteiger partial charge in [0.25, 0.3) is 0 Å². The largest absolute Gasteiger partial charge is 0.491 e. The predicted molar refractivity (Wildman–Crippen MR) is 110 cm³/mol. The van der Waals surface area contributed by atoms with Gasteiger partial charge in [-0.25, -0.2) is 0 Å². The Bertz CT molecular complexity index is 750. The Labute approximate surface area is 167 Å².